The molecule has 3 aromatic rings. The Bertz CT molecular complexity index is 1410. The third-order valence-electron chi connectivity index (χ3n) is 6.23. The van der Waals surface area contributed by atoms with Crippen LogP contribution in [0.4, 0.5) is 5.69 Å². The summed E-state index contributed by atoms with van der Waals surface area (Å²) >= 11 is 14.4. The van der Waals surface area contributed by atoms with Crippen molar-refractivity contribution in [3.05, 3.63) is 92.0 Å². The Balaban J connectivity index is 2.02. The molecule has 0 saturated heterocycles. The van der Waals surface area contributed by atoms with Crippen LogP contribution in [0.5, 0.6) is 0 Å². The molecule has 0 bridgehead atoms. The van der Waals surface area contributed by atoms with E-state index in [0.717, 1.165) is 14.3 Å². The number of carbonyl (C=O) groups excluding carboxylic acids is 2. The Hall–Kier alpha value is -2.34. The van der Waals surface area contributed by atoms with Crippen LogP contribution in [0.2, 0.25) is 10.0 Å². The quantitative estimate of drug-likeness (QED) is 0.244. The first-order chi connectivity index (χ1) is 18.4. The van der Waals surface area contributed by atoms with Crippen molar-refractivity contribution in [1.82, 2.24) is 10.2 Å². The molecular weight excluding hydrogens is 672 g/mol. The molecule has 1 N–H and O–H groups in total. The van der Waals surface area contributed by atoms with Crippen LogP contribution >= 0.6 is 45.8 Å². The van der Waals surface area contributed by atoms with Crippen LogP contribution < -0.4 is 9.62 Å². The van der Waals surface area contributed by atoms with Crippen molar-refractivity contribution in [3.63, 3.8) is 0 Å². The summed E-state index contributed by atoms with van der Waals surface area (Å²) in [7, 11) is -4.11. The zero-order valence-corrected chi connectivity index (χ0v) is 26.3. The van der Waals surface area contributed by atoms with Gasteiger partial charge < -0.3 is 10.2 Å². The molecular formula is C28H30Cl2IN3O4S. The van der Waals surface area contributed by atoms with Crippen molar-refractivity contribution in [2.75, 3.05) is 10.8 Å². The molecule has 0 saturated carbocycles. The van der Waals surface area contributed by atoms with E-state index in [9.17, 15) is 18.0 Å². The van der Waals surface area contributed by atoms with E-state index in [1.54, 1.807) is 67.6 Å². The minimum absolute atomic E-state index is 0.0245. The highest BCUT2D eigenvalue weighted by atomic mass is 127. The normalized spacial score (nSPS) is 12.9. The van der Waals surface area contributed by atoms with Gasteiger partial charge in [0.2, 0.25) is 11.8 Å². The Morgan fingerprint density at radius 2 is 1.59 bits per heavy atom. The monoisotopic (exact) mass is 701 g/mol. The summed E-state index contributed by atoms with van der Waals surface area (Å²) in [6, 6.07) is 18.7. The molecule has 2 atom stereocenters. The zero-order chi connectivity index (χ0) is 28.7. The summed E-state index contributed by atoms with van der Waals surface area (Å²) in [5, 5.41) is 3.58. The molecule has 0 unspecified atom stereocenters. The standard InChI is InChI=1S/C28H30Cl2IN3O4S/c1-4-19(2)32-28(36)20(3)33(17-21-10-15-25(29)26(30)16-21)27(35)18-34(23-13-11-22(31)12-14-23)39(37,38)24-8-6-5-7-9-24/h5-16,19-20H,4,17-18H2,1-3H3,(H,32,36)/t19-,20-/m0/s1. The maximum atomic E-state index is 13.9. The third-order valence-corrected chi connectivity index (χ3v) is 9.48. The molecule has 0 fully saturated rings. The van der Waals surface area contributed by atoms with Gasteiger partial charge in [-0.05, 0) is 97.0 Å². The lowest BCUT2D eigenvalue weighted by Gasteiger charge is -2.32. The van der Waals surface area contributed by atoms with E-state index in [2.05, 4.69) is 27.9 Å². The first-order valence-corrected chi connectivity index (χ1v) is 15.6. The highest BCUT2D eigenvalue weighted by molar-refractivity contribution is 14.1. The first kappa shape index (κ1) is 31.2. The van der Waals surface area contributed by atoms with Gasteiger partial charge in [0.15, 0.2) is 0 Å². The largest absolute Gasteiger partial charge is 0.352 e. The van der Waals surface area contributed by atoms with Crippen LogP contribution in [0.25, 0.3) is 0 Å². The fraction of sp³-hybridized carbons (Fsp3) is 0.286. The predicted molar refractivity (Wildman–Crippen MR) is 165 cm³/mol. The molecule has 0 heterocycles. The Morgan fingerprint density at radius 3 is 2.18 bits per heavy atom. The predicted octanol–water partition coefficient (Wildman–Crippen LogP) is 6.13. The first-order valence-electron chi connectivity index (χ1n) is 12.3. The topological polar surface area (TPSA) is 86.8 Å². The van der Waals surface area contributed by atoms with Crippen molar-refractivity contribution >= 4 is 73.3 Å². The van der Waals surface area contributed by atoms with Crippen molar-refractivity contribution < 1.29 is 18.0 Å². The van der Waals surface area contributed by atoms with Crippen LogP contribution in [-0.4, -0.2) is 43.8 Å². The smallest absolute Gasteiger partial charge is 0.264 e. The number of halogens is 3. The van der Waals surface area contributed by atoms with Crippen molar-refractivity contribution in [2.45, 2.75) is 50.7 Å². The van der Waals surface area contributed by atoms with Crippen LogP contribution in [0.15, 0.2) is 77.7 Å². The number of nitrogens with one attached hydrogen (secondary N) is 1. The molecule has 7 nitrogen and oxygen atoms in total. The number of sulfonamides is 1. The van der Waals surface area contributed by atoms with Gasteiger partial charge in [0, 0.05) is 16.2 Å². The molecule has 0 radical (unpaired) electrons. The van der Waals surface area contributed by atoms with Gasteiger partial charge in [-0.1, -0.05) is 54.4 Å². The van der Waals surface area contributed by atoms with Gasteiger partial charge in [-0.15, -0.1) is 0 Å². The van der Waals surface area contributed by atoms with Crippen molar-refractivity contribution in [2.24, 2.45) is 0 Å². The molecule has 208 valence electrons. The second-order valence-corrected chi connectivity index (χ2v) is 13.0. The summed E-state index contributed by atoms with van der Waals surface area (Å²) in [5.41, 5.74) is 0.978. The lowest BCUT2D eigenvalue weighted by atomic mass is 10.1. The SMILES string of the molecule is CC[C@H](C)NC(=O)[C@H](C)N(Cc1ccc(Cl)c(Cl)c1)C(=O)CN(c1ccc(I)cc1)S(=O)(=O)c1ccccc1. The number of benzene rings is 3. The Morgan fingerprint density at radius 1 is 0.949 bits per heavy atom. The van der Waals surface area contributed by atoms with Gasteiger partial charge in [-0.25, -0.2) is 8.42 Å². The summed E-state index contributed by atoms with van der Waals surface area (Å²) in [4.78, 5) is 28.4. The Kier molecular flexibility index (Phi) is 11.1. The minimum Gasteiger partial charge on any atom is -0.352 e. The van der Waals surface area contributed by atoms with E-state index < -0.39 is 28.5 Å². The number of rotatable bonds is 11. The zero-order valence-electron chi connectivity index (χ0n) is 21.8. The molecule has 11 heteroatoms. The highest BCUT2D eigenvalue weighted by Crippen LogP contribution is 2.27. The average Bonchev–Trinajstić information content (AvgIpc) is 2.92. The van der Waals surface area contributed by atoms with Gasteiger partial charge >= 0.3 is 0 Å². The summed E-state index contributed by atoms with van der Waals surface area (Å²) in [5.74, 6) is -0.893. The minimum atomic E-state index is -4.11. The number of hydrogen-bond donors (Lipinski definition) is 1. The lowest BCUT2D eigenvalue weighted by molar-refractivity contribution is -0.139. The van der Waals surface area contributed by atoms with E-state index in [1.807, 2.05) is 13.8 Å². The number of carbonyl (C=O) groups is 2. The summed E-state index contributed by atoms with van der Waals surface area (Å²) in [6.45, 7) is 4.95. The number of nitrogens with zero attached hydrogens (tertiary/aromatic N) is 2. The number of amides is 2. The molecule has 0 aliphatic carbocycles. The fourth-order valence-electron chi connectivity index (χ4n) is 3.74. The van der Waals surface area contributed by atoms with E-state index in [-0.39, 0.29) is 23.4 Å². The van der Waals surface area contributed by atoms with Gasteiger partial charge in [-0.2, -0.15) is 0 Å². The molecule has 0 aliphatic rings. The Labute approximate surface area is 253 Å². The molecule has 0 aromatic heterocycles. The summed E-state index contributed by atoms with van der Waals surface area (Å²) < 4.78 is 29.5. The van der Waals surface area contributed by atoms with Crippen LogP contribution in [0.3, 0.4) is 0 Å². The molecule has 0 aliphatic heterocycles. The van der Waals surface area contributed by atoms with Gasteiger partial charge in [0.25, 0.3) is 10.0 Å². The van der Waals surface area contributed by atoms with Gasteiger partial charge in [0.1, 0.15) is 12.6 Å². The fourth-order valence-corrected chi connectivity index (χ4v) is 5.85. The molecule has 3 rings (SSSR count). The van der Waals surface area contributed by atoms with Crippen molar-refractivity contribution in [3.8, 4) is 0 Å². The van der Waals surface area contributed by atoms with Gasteiger partial charge in [-0.3, -0.25) is 13.9 Å². The lowest BCUT2D eigenvalue weighted by Crippen LogP contribution is -2.52. The third kappa shape index (κ3) is 8.09. The van der Waals surface area contributed by atoms with Crippen LogP contribution in [-0.2, 0) is 26.2 Å². The molecule has 0 spiro atoms. The average molecular weight is 702 g/mol. The maximum absolute atomic E-state index is 13.9. The highest BCUT2D eigenvalue weighted by Gasteiger charge is 2.32. The van der Waals surface area contributed by atoms with Crippen molar-refractivity contribution in [1.29, 1.82) is 0 Å². The van der Waals surface area contributed by atoms with Crippen LogP contribution in [0.1, 0.15) is 32.8 Å². The molecule has 3 aromatic carbocycles. The maximum Gasteiger partial charge on any atom is 0.264 e. The van der Waals surface area contributed by atoms with E-state index in [4.69, 9.17) is 23.2 Å². The van der Waals surface area contributed by atoms with E-state index in [1.165, 1.54) is 17.0 Å². The second-order valence-electron chi connectivity index (χ2n) is 9.07. The van der Waals surface area contributed by atoms with E-state index >= 15 is 0 Å². The molecule has 39 heavy (non-hydrogen) atoms. The van der Waals surface area contributed by atoms with E-state index in [0.29, 0.717) is 21.3 Å². The van der Waals surface area contributed by atoms with Gasteiger partial charge in [0.05, 0.1) is 20.6 Å². The number of anilines is 1. The molecule has 2 amide bonds. The number of hydrogen-bond acceptors (Lipinski definition) is 4. The van der Waals surface area contributed by atoms with Crippen LogP contribution in [0, 0.1) is 3.57 Å². The second kappa shape index (κ2) is 13.8. The summed E-state index contributed by atoms with van der Waals surface area (Å²) in [6.07, 6.45) is 0.717.